The summed E-state index contributed by atoms with van der Waals surface area (Å²) in [6.45, 7) is 1.15. The summed E-state index contributed by atoms with van der Waals surface area (Å²) >= 11 is 0. The normalized spacial score (nSPS) is 17.3. The molecule has 1 aromatic heterocycles. The zero-order valence-electron chi connectivity index (χ0n) is 13.8. The van der Waals surface area contributed by atoms with Crippen LogP contribution in [-0.2, 0) is 4.74 Å². The van der Waals surface area contributed by atoms with Crippen molar-refractivity contribution in [3.05, 3.63) is 71.9 Å². The summed E-state index contributed by atoms with van der Waals surface area (Å²) in [6.07, 6.45) is 0.790. The predicted molar refractivity (Wildman–Crippen MR) is 90.7 cm³/mol. The number of nitrogens with zero attached hydrogens (tertiary/aromatic N) is 3. The van der Waals surface area contributed by atoms with Gasteiger partial charge in [-0.25, -0.2) is 4.39 Å². The van der Waals surface area contributed by atoms with E-state index >= 15 is 0 Å². The van der Waals surface area contributed by atoms with E-state index in [1.807, 2.05) is 0 Å². The molecule has 0 spiro atoms. The molecule has 0 saturated carbocycles. The molecular weight excluding hydrogens is 337 g/mol. The Morgan fingerprint density at radius 1 is 1.15 bits per heavy atom. The molecule has 1 aliphatic rings. The summed E-state index contributed by atoms with van der Waals surface area (Å²) in [4.78, 5) is 18.4. The fourth-order valence-corrected chi connectivity index (χ4v) is 3.00. The lowest BCUT2D eigenvalue weighted by Crippen LogP contribution is -2.42. The van der Waals surface area contributed by atoms with Crippen LogP contribution in [-0.4, -0.2) is 40.6 Å². The number of carbonyl (C=O) groups is 1. The summed E-state index contributed by atoms with van der Waals surface area (Å²) in [5.74, 6) is 0.0283. The summed E-state index contributed by atoms with van der Waals surface area (Å²) in [5, 5.41) is 3.77. The van der Waals surface area contributed by atoms with Crippen LogP contribution in [0.4, 0.5) is 4.39 Å². The molecule has 0 bridgehead atoms. The first-order valence-corrected chi connectivity index (χ1v) is 8.24. The largest absolute Gasteiger partial charge is 0.370 e. The van der Waals surface area contributed by atoms with Crippen molar-refractivity contribution in [2.24, 2.45) is 0 Å². The van der Waals surface area contributed by atoms with Gasteiger partial charge in [0, 0.05) is 23.2 Å². The maximum Gasteiger partial charge on any atom is 0.254 e. The van der Waals surface area contributed by atoms with Crippen LogP contribution in [0, 0.1) is 5.82 Å². The monoisotopic (exact) mass is 353 g/mol. The van der Waals surface area contributed by atoms with Gasteiger partial charge in [0.15, 0.2) is 0 Å². The summed E-state index contributed by atoms with van der Waals surface area (Å²) in [7, 11) is 0. The van der Waals surface area contributed by atoms with Crippen molar-refractivity contribution in [2.45, 2.75) is 6.10 Å². The fraction of sp³-hybridized carbons (Fsp3) is 0.211. The molecule has 1 atom stereocenters. The molecule has 1 aliphatic heterocycles. The number of rotatable bonds is 3. The summed E-state index contributed by atoms with van der Waals surface area (Å²) in [6, 6.07) is 13.5. The number of morpholine rings is 1. The van der Waals surface area contributed by atoms with Gasteiger partial charge in [-0.05, 0) is 18.2 Å². The molecule has 3 aromatic rings. The first-order chi connectivity index (χ1) is 12.7. The van der Waals surface area contributed by atoms with Gasteiger partial charge in [0.1, 0.15) is 11.9 Å². The van der Waals surface area contributed by atoms with Gasteiger partial charge in [0.2, 0.25) is 12.2 Å². The topological polar surface area (TPSA) is 68.5 Å². The van der Waals surface area contributed by atoms with Gasteiger partial charge in [0.05, 0.1) is 13.2 Å². The maximum atomic E-state index is 14.0. The van der Waals surface area contributed by atoms with Gasteiger partial charge in [-0.15, -0.1) is 0 Å². The minimum atomic E-state index is -0.465. The second-order valence-electron chi connectivity index (χ2n) is 5.96. The van der Waals surface area contributed by atoms with E-state index < -0.39 is 6.10 Å². The average Bonchev–Trinajstić information content (AvgIpc) is 3.23. The van der Waals surface area contributed by atoms with Crippen LogP contribution < -0.4 is 0 Å². The Labute approximate surface area is 149 Å². The van der Waals surface area contributed by atoms with Crippen LogP contribution >= 0.6 is 0 Å². The second kappa shape index (κ2) is 7.05. The van der Waals surface area contributed by atoms with Crippen LogP contribution in [0.3, 0.4) is 0 Å². The first-order valence-electron chi connectivity index (χ1n) is 8.24. The third-order valence-electron chi connectivity index (χ3n) is 4.36. The summed E-state index contributed by atoms with van der Waals surface area (Å²) in [5.41, 5.74) is 1.78. The minimum Gasteiger partial charge on any atom is -0.370 e. The molecule has 1 fully saturated rings. The Morgan fingerprint density at radius 2 is 1.96 bits per heavy atom. The van der Waals surface area contributed by atoms with Crippen molar-refractivity contribution in [2.75, 3.05) is 19.7 Å². The lowest BCUT2D eigenvalue weighted by molar-refractivity contribution is -0.0243. The highest BCUT2D eigenvalue weighted by Crippen LogP contribution is 2.25. The highest BCUT2D eigenvalue weighted by molar-refractivity contribution is 5.94. The van der Waals surface area contributed by atoms with Crippen LogP contribution in [0.1, 0.15) is 22.0 Å². The van der Waals surface area contributed by atoms with E-state index in [4.69, 9.17) is 9.26 Å². The third-order valence-corrected chi connectivity index (χ3v) is 4.36. The highest BCUT2D eigenvalue weighted by atomic mass is 19.1. The molecule has 1 unspecified atom stereocenters. The molecule has 132 valence electrons. The highest BCUT2D eigenvalue weighted by Gasteiger charge is 2.27. The Bertz CT molecular complexity index is 897. The number of aromatic nitrogens is 2. The molecule has 26 heavy (non-hydrogen) atoms. The lowest BCUT2D eigenvalue weighted by Gasteiger charge is -2.33. The van der Waals surface area contributed by atoms with E-state index in [2.05, 4.69) is 10.1 Å². The molecule has 7 heteroatoms. The van der Waals surface area contributed by atoms with Gasteiger partial charge in [-0.3, -0.25) is 4.79 Å². The molecule has 4 rings (SSSR count). The number of amides is 1. The van der Waals surface area contributed by atoms with Crippen molar-refractivity contribution < 1.29 is 18.4 Å². The van der Waals surface area contributed by atoms with E-state index in [-0.39, 0.29) is 11.7 Å². The van der Waals surface area contributed by atoms with E-state index in [1.54, 1.807) is 47.4 Å². The molecule has 0 radical (unpaired) electrons. The number of halogens is 1. The van der Waals surface area contributed by atoms with Crippen LogP contribution in [0.25, 0.3) is 11.4 Å². The van der Waals surface area contributed by atoms with E-state index in [1.165, 1.54) is 12.5 Å². The SMILES string of the molecule is O=C(c1ccc(-c2ncon2)cc1)N1CCOC(c2ccccc2F)C1. The first kappa shape index (κ1) is 16.4. The maximum absolute atomic E-state index is 14.0. The van der Waals surface area contributed by atoms with Crippen LogP contribution in [0.15, 0.2) is 59.4 Å². The molecule has 1 amide bonds. The number of carbonyl (C=O) groups excluding carboxylic acids is 1. The van der Waals surface area contributed by atoms with Crippen LogP contribution in [0.5, 0.6) is 0 Å². The third kappa shape index (κ3) is 3.21. The molecule has 0 aliphatic carbocycles. The predicted octanol–water partition coefficient (Wildman–Crippen LogP) is 3.09. The van der Waals surface area contributed by atoms with Gasteiger partial charge >= 0.3 is 0 Å². The number of hydrogen-bond donors (Lipinski definition) is 0. The van der Waals surface area contributed by atoms with E-state index in [0.29, 0.717) is 36.6 Å². The summed E-state index contributed by atoms with van der Waals surface area (Å²) < 4.78 is 24.4. The Kier molecular flexibility index (Phi) is 4.45. The Hall–Kier alpha value is -3.06. The number of hydrogen-bond acceptors (Lipinski definition) is 5. The molecule has 2 aromatic carbocycles. The Morgan fingerprint density at radius 3 is 2.69 bits per heavy atom. The molecule has 6 nitrogen and oxygen atoms in total. The fourth-order valence-electron chi connectivity index (χ4n) is 3.00. The molecule has 0 N–H and O–H groups in total. The molecule has 1 saturated heterocycles. The second-order valence-corrected chi connectivity index (χ2v) is 5.96. The van der Waals surface area contributed by atoms with E-state index in [9.17, 15) is 9.18 Å². The minimum absolute atomic E-state index is 0.116. The number of ether oxygens (including phenoxy) is 1. The quantitative estimate of drug-likeness (QED) is 0.724. The van der Waals surface area contributed by atoms with Gasteiger partial charge in [0.25, 0.3) is 5.91 Å². The molecular formula is C19H16FN3O3. The zero-order valence-corrected chi connectivity index (χ0v) is 13.8. The van der Waals surface area contributed by atoms with Gasteiger partial charge < -0.3 is 14.2 Å². The van der Waals surface area contributed by atoms with Crippen molar-refractivity contribution in [3.8, 4) is 11.4 Å². The van der Waals surface area contributed by atoms with Crippen LogP contribution in [0.2, 0.25) is 0 Å². The van der Waals surface area contributed by atoms with Gasteiger partial charge in [-0.1, -0.05) is 35.5 Å². The zero-order chi connectivity index (χ0) is 17.9. The average molecular weight is 353 g/mol. The van der Waals surface area contributed by atoms with Crippen molar-refractivity contribution >= 4 is 5.91 Å². The van der Waals surface area contributed by atoms with Gasteiger partial charge in [-0.2, -0.15) is 4.98 Å². The van der Waals surface area contributed by atoms with E-state index in [0.717, 1.165) is 5.56 Å². The van der Waals surface area contributed by atoms with Crippen molar-refractivity contribution in [1.82, 2.24) is 15.0 Å². The number of benzene rings is 2. The smallest absolute Gasteiger partial charge is 0.254 e. The molecule has 2 heterocycles. The Balaban J connectivity index is 1.50. The lowest BCUT2D eigenvalue weighted by atomic mass is 10.1. The standard InChI is InChI=1S/C19H16FN3O3/c20-16-4-2-1-3-15(16)17-11-23(9-10-25-17)19(24)14-7-5-13(6-8-14)18-21-12-26-22-18/h1-8,12,17H,9-11H2. The van der Waals surface area contributed by atoms with Crippen molar-refractivity contribution in [3.63, 3.8) is 0 Å². The van der Waals surface area contributed by atoms with Crippen molar-refractivity contribution in [1.29, 1.82) is 0 Å².